The van der Waals surface area contributed by atoms with Gasteiger partial charge in [-0.2, -0.15) is 5.26 Å². The molecule has 8 heteroatoms. The van der Waals surface area contributed by atoms with Crippen LogP contribution < -0.4 is 9.47 Å². The van der Waals surface area contributed by atoms with Crippen molar-refractivity contribution in [1.29, 1.82) is 5.26 Å². The molecule has 2 amide bonds. The molecule has 1 aliphatic rings. The summed E-state index contributed by atoms with van der Waals surface area (Å²) in [6.45, 7) is 7.14. The second-order valence-electron chi connectivity index (χ2n) is 6.34. The summed E-state index contributed by atoms with van der Waals surface area (Å²) < 4.78 is 16.0. The smallest absolute Gasteiger partial charge is 0.302 e. The van der Waals surface area contributed by atoms with Crippen LogP contribution >= 0.6 is 0 Å². The molecule has 1 heterocycles. The van der Waals surface area contributed by atoms with Crippen molar-refractivity contribution >= 4 is 23.9 Å². The number of hydrogen-bond donors (Lipinski definition) is 0. The molecule has 0 radical (unpaired) electrons. The Balaban J connectivity index is 2.46. The van der Waals surface area contributed by atoms with Crippen molar-refractivity contribution in [2.24, 2.45) is 0 Å². The lowest BCUT2D eigenvalue weighted by Crippen LogP contribution is -2.44. The molecule has 30 heavy (non-hydrogen) atoms. The molecule has 2 rings (SSSR count). The minimum absolute atomic E-state index is 0.125. The summed E-state index contributed by atoms with van der Waals surface area (Å²) in [6, 6.07) is 7.09. The van der Waals surface area contributed by atoms with E-state index in [1.807, 2.05) is 19.9 Å². The normalized spacial score (nSPS) is 15.3. The minimum atomic E-state index is -0.703. The van der Waals surface area contributed by atoms with Crippen molar-refractivity contribution in [3.05, 3.63) is 40.5 Å². The average Bonchev–Trinajstić information content (AvgIpc) is 2.70. The third-order valence-corrected chi connectivity index (χ3v) is 4.32. The third-order valence-electron chi connectivity index (χ3n) is 4.32. The first-order chi connectivity index (χ1) is 14.3. The number of benzene rings is 1. The standard InChI is InChI=1S/C22H24N2O6/c1-5-28-19-8-7-16(12-20(19)29-6-2)11-17-14(3)18(13-23)22(27)24(21(17)26)9-10-30-15(4)25/h7-8,11-12H,5-6,9-10H2,1-4H3/b17-11+. The Bertz CT molecular complexity index is 955. The summed E-state index contributed by atoms with van der Waals surface area (Å²) >= 11 is 0. The number of carbonyl (C=O) groups is 3. The number of nitrogens with zero attached hydrogens (tertiary/aromatic N) is 2. The van der Waals surface area contributed by atoms with Crippen LogP contribution in [0.3, 0.4) is 0 Å². The topological polar surface area (TPSA) is 106 Å². The molecular formula is C22H24N2O6. The molecule has 1 aromatic carbocycles. The van der Waals surface area contributed by atoms with Gasteiger partial charge in [-0.1, -0.05) is 6.07 Å². The number of amides is 2. The molecule has 0 saturated heterocycles. The summed E-state index contributed by atoms with van der Waals surface area (Å²) in [5.41, 5.74) is 1.03. The maximum Gasteiger partial charge on any atom is 0.302 e. The molecule has 0 aliphatic carbocycles. The third kappa shape index (κ3) is 5.06. The van der Waals surface area contributed by atoms with Crippen molar-refractivity contribution in [3.8, 4) is 17.6 Å². The van der Waals surface area contributed by atoms with Gasteiger partial charge in [0.2, 0.25) is 0 Å². The van der Waals surface area contributed by atoms with E-state index in [-0.39, 0.29) is 24.3 Å². The predicted molar refractivity (Wildman–Crippen MR) is 108 cm³/mol. The highest BCUT2D eigenvalue weighted by Gasteiger charge is 2.35. The van der Waals surface area contributed by atoms with Gasteiger partial charge in [0.15, 0.2) is 11.5 Å². The van der Waals surface area contributed by atoms with E-state index in [1.54, 1.807) is 31.2 Å². The maximum atomic E-state index is 13.0. The lowest BCUT2D eigenvalue weighted by Gasteiger charge is -2.27. The van der Waals surface area contributed by atoms with Crippen molar-refractivity contribution in [3.63, 3.8) is 0 Å². The zero-order valence-electron chi connectivity index (χ0n) is 17.5. The highest BCUT2D eigenvalue weighted by atomic mass is 16.5. The Labute approximate surface area is 175 Å². The lowest BCUT2D eigenvalue weighted by atomic mass is 9.93. The van der Waals surface area contributed by atoms with Crippen LogP contribution in [0, 0.1) is 11.3 Å². The molecule has 0 N–H and O–H groups in total. The Morgan fingerprint density at radius 3 is 2.40 bits per heavy atom. The molecule has 0 fully saturated rings. The average molecular weight is 412 g/mol. The van der Waals surface area contributed by atoms with Crippen LogP contribution in [-0.2, 0) is 19.1 Å². The van der Waals surface area contributed by atoms with E-state index in [1.165, 1.54) is 6.92 Å². The first-order valence-corrected chi connectivity index (χ1v) is 9.56. The van der Waals surface area contributed by atoms with Crippen LogP contribution in [0.2, 0.25) is 0 Å². The Morgan fingerprint density at radius 2 is 1.80 bits per heavy atom. The molecule has 0 saturated carbocycles. The molecule has 0 aromatic heterocycles. The molecule has 0 spiro atoms. The molecule has 0 unspecified atom stereocenters. The number of carbonyl (C=O) groups excluding carboxylic acids is 3. The number of imide groups is 1. The molecular weight excluding hydrogens is 388 g/mol. The van der Waals surface area contributed by atoms with Gasteiger partial charge in [-0.3, -0.25) is 19.3 Å². The van der Waals surface area contributed by atoms with Crippen molar-refractivity contribution in [2.45, 2.75) is 27.7 Å². The van der Waals surface area contributed by atoms with Crippen LogP contribution in [0.5, 0.6) is 11.5 Å². The number of esters is 1. The van der Waals surface area contributed by atoms with Crippen LogP contribution in [-0.4, -0.2) is 49.0 Å². The number of rotatable bonds is 8. The fourth-order valence-corrected chi connectivity index (χ4v) is 2.94. The predicted octanol–water partition coefficient (Wildman–Crippen LogP) is 2.64. The van der Waals surface area contributed by atoms with E-state index >= 15 is 0 Å². The van der Waals surface area contributed by atoms with Crippen LogP contribution in [0.4, 0.5) is 0 Å². The van der Waals surface area contributed by atoms with E-state index < -0.39 is 17.8 Å². The van der Waals surface area contributed by atoms with E-state index in [0.717, 1.165) is 4.90 Å². The minimum Gasteiger partial charge on any atom is -0.490 e. The van der Waals surface area contributed by atoms with Gasteiger partial charge in [0.1, 0.15) is 18.2 Å². The molecule has 8 nitrogen and oxygen atoms in total. The maximum absolute atomic E-state index is 13.0. The summed E-state index contributed by atoms with van der Waals surface area (Å²) in [4.78, 5) is 37.4. The first-order valence-electron chi connectivity index (χ1n) is 9.56. The fraction of sp³-hybridized carbons (Fsp3) is 0.364. The Kier molecular flexibility index (Phi) is 7.76. The van der Waals surface area contributed by atoms with Crippen molar-refractivity contribution < 1.29 is 28.6 Å². The zero-order valence-corrected chi connectivity index (χ0v) is 17.5. The van der Waals surface area contributed by atoms with Crippen LogP contribution in [0.15, 0.2) is 34.9 Å². The van der Waals surface area contributed by atoms with E-state index in [9.17, 15) is 19.6 Å². The number of hydrogen-bond acceptors (Lipinski definition) is 7. The largest absolute Gasteiger partial charge is 0.490 e. The van der Waals surface area contributed by atoms with Gasteiger partial charge in [-0.25, -0.2) is 0 Å². The highest BCUT2D eigenvalue weighted by molar-refractivity contribution is 6.19. The Morgan fingerprint density at radius 1 is 1.13 bits per heavy atom. The second kappa shape index (κ2) is 10.3. The molecule has 0 atom stereocenters. The van der Waals surface area contributed by atoms with Gasteiger partial charge in [-0.05, 0) is 50.1 Å². The highest BCUT2D eigenvalue weighted by Crippen LogP contribution is 2.32. The van der Waals surface area contributed by atoms with Crippen LogP contribution in [0.25, 0.3) is 6.08 Å². The summed E-state index contributed by atoms with van der Waals surface area (Å²) in [6.07, 6.45) is 1.60. The monoisotopic (exact) mass is 412 g/mol. The van der Waals surface area contributed by atoms with Gasteiger partial charge in [-0.15, -0.1) is 0 Å². The summed E-state index contributed by atoms with van der Waals surface area (Å²) in [7, 11) is 0. The van der Waals surface area contributed by atoms with Gasteiger partial charge in [0, 0.05) is 12.5 Å². The van der Waals surface area contributed by atoms with Gasteiger partial charge in [0.25, 0.3) is 11.8 Å². The molecule has 1 aromatic rings. The van der Waals surface area contributed by atoms with Gasteiger partial charge >= 0.3 is 5.97 Å². The summed E-state index contributed by atoms with van der Waals surface area (Å²) in [5.74, 6) is -0.671. The van der Waals surface area contributed by atoms with Crippen molar-refractivity contribution in [2.75, 3.05) is 26.4 Å². The van der Waals surface area contributed by atoms with E-state index in [0.29, 0.717) is 35.8 Å². The number of nitriles is 1. The SMILES string of the molecule is CCOc1ccc(/C=C2/C(=O)N(CCOC(C)=O)C(=O)C(C#N)=C2C)cc1OCC. The fourth-order valence-electron chi connectivity index (χ4n) is 2.94. The van der Waals surface area contributed by atoms with Gasteiger partial charge in [0.05, 0.1) is 19.8 Å². The van der Waals surface area contributed by atoms with Crippen LogP contribution in [0.1, 0.15) is 33.3 Å². The molecule has 158 valence electrons. The quantitative estimate of drug-likeness (QED) is 0.367. The second-order valence-corrected chi connectivity index (χ2v) is 6.34. The van der Waals surface area contributed by atoms with E-state index in [4.69, 9.17) is 14.2 Å². The Hall–Kier alpha value is -3.60. The molecule has 0 bridgehead atoms. The van der Waals surface area contributed by atoms with Gasteiger partial charge < -0.3 is 14.2 Å². The molecule has 1 aliphatic heterocycles. The number of ether oxygens (including phenoxy) is 3. The lowest BCUT2D eigenvalue weighted by molar-refractivity contribution is -0.147. The first kappa shape index (κ1) is 22.7. The summed E-state index contributed by atoms with van der Waals surface area (Å²) in [5, 5.41) is 9.43. The van der Waals surface area contributed by atoms with Crippen molar-refractivity contribution in [1.82, 2.24) is 4.90 Å². The van der Waals surface area contributed by atoms with E-state index in [2.05, 4.69) is 0 Å². The zero-order chi connectivity index (χ0) is 22.3.